The minimum absolute atomic E-state index is 0.182. The normalized spacial score (nSPS) is 11.3. The van der Waals surface area contributed by atoms with Crippen LogP contribution >= 0.6 is 0 Å². The Morgan fingerprint density at radius 3 is 1.44 bits per heavy atom. The molecule has 0 saturated carbocycles. The van der Waals surface area contributed by atoms with E-state index in [9.17, 15) is 14.4 Å². The average Bonchev–Trinajstić information content (AvgIpc) is 2.92. The Labute approximate surface area is 230 Å². The summed E-state index contributed by atoms with van der Waals surface area (Å²) in [4.78, 5) is 38.6. The van der Waals surface area contributed by atoms with E-state index in [0.29, 0.717) is 35.9 Å². The van der Waals surface area contributed by atoms with Gasteiger partial charge in [0.1, 0.15) is 11.5 Å². The highest BCUT2D eigenvalue weighted by atomic mass is 16.5. The van der Waals surface area contributed by atoms with Crippen molar-refractivity contribution in [1.82, 2.24) is 0 Å². The second-order valence-corrected chi connectivity index (χ2v) is 9.36. The maximum absolute atomic E-state index is 14.0. The molecule has 0 spiro atoms. The summed E-state index contributed by atoms with van der Waals surface area (Å²) >= 11 is 0. The molecule has 0 aliphatic heterocycles. The van der Waals surface area contributed by atoms with E-state index in [0.717, 1.165) is 36.8 Å². The van der Waals surface area contributed by atoms with Gasteiger partial charge >= 0.3 is 11.9 Å². The lowest BCUT2D eigenvalue weighted by molar-refractivity contribution is -0.138. The van der Waals surface area contributed by atoms with E-state index in [1.807, 2.05) is 76.2 Å². The molecule has 6 heteroatoms. The highest BCUT2D eigenvalue weighted by Crippen LogP contribution is 2.32. The second-order valence-electron chi connectivity index (χ2n) is 9.36. The van der Waals surface area contributed by atoms with Gasteiger partial charge in [0.15, 0.2) is 0 Å². The predicted octanol–water partition coefficient (Wildman–Crippen LogP) is 7.30. The van der Waals surface area contributed by atoms with Gasteiger partial charge in [-0.2, -0.15) is 0 Å². The minimum Gasteiger partial charge on any atom is -0.463 e. The van der Waals surface area contributed by atoms with Gasteiger partial charge in [0.05, 0.1) is 24.3 Å². The van der Waals surface area contributed by atoms with Crippen LogP contribution in [-0.2, 0) is 19.1 Å². The summed E-state index contributed by atoms with van der Waals surface area (Å²) in [5, 5.41) is 0. The molecule has 1 aromatic heterocycles. The van der Waals surface area contributed by atoms with Gasteiger partial charge in [-0.1, -0.05) is 86.3 Å². The van der Waals surface area contributed by atoms with Crippen molar-refractivity contribution in [2.75, 3.05) is 13.2 Å². The van der Waals surface area contributed by atoms with E-state index in [-0.39, 0.29) is 16.6 Å². The molecule has 0 bridgehead atoms. The van der Waals surface area contributed by atoms with Crippen LogP contribution in [0.3, 0.4) is 0 Å². The Hall–Kier alpha value is -4.19. The summed E-state index contributed by atoms with van der Waals surface area (Å²) in [5.74, 6) is -0.458. The van der Waals surface area contributed by atoms with E-state index in [2.05, 4.69) is 0 Å². The first-order valence-electron chi connectivity index (χ1n) is 13.4. The van der Waals surface area contributed by atoms with Gasteiger partial charge in [-0.25, -0.2) is 9.59 Å². The third kappa shape index (κ3) is 8.40. The summed E-state index contributed by atoms with van der Waals surface area (Å²) in [7, 11) is 0. The fourth-order valence-electron chi connectivity index (χ4n) is 3.74. The fraction of sp³-hybridized carbons (Fsp3) is 0.303. The number of unbranched alkanes of at least 4 members (excludes halogenated alkanes) is 2. The van der Waals surface area contributed by atoms with Crippen molar-refractivity contribution in [3.8, 4) is 22.6 Å². The molecular weight excluding hydrogens is 492 g/mol. The molecule has 0 unspecified atom stereocenters. The first-order valence-corrected chi connectivity index (χ1v) is 13.4. The molecule has 1 heterocycles. The number of ether oxygens (including phenoxy) is 2. The van der Waals surface area contributed by atoms with Crippen molar-refractivity contribution < 1.29 is 23.5 Å². The fourth-order valence-corrected chi connectivity index (χ4v) is 3.74. The maximum Gasteiger partial charge on any atom is 0.330 e. The smallest absolute Gasteiger partial charge is 0.330 e. The Morgan fingerprint density at radius 2 is 1.08 bits per heavy atom. The Balaban J connectivity index is 2.18. The van der Waals surface area contributed by atoms with Crippen LogP contribution in [0.15, 0.2) is 69.9 Å². The molecule has 0 N–H and O–H groups in total. The van der Waals surface area contributed by atoms with E-state index in [1.165, 1.54) is 24.3 Å². The zero-order valence-corrected chi connectivity index (χ0v) is 23.1. The molecule has 3 rings (SSSR count). The van der Waals surface area contributed by atoms with Crippen LogP contribution in [0, 0.1) is 13.8 Å². The molecule has 0 aliphatic rings. The molecule has 0 saturated heterocycles. The van der Waals surface area contributed by atoms with Crippen molar-refractivity contribution in [2.45, 2.75) is 53.4 Å². The Bertz CT molecular complexity index is 1270. The SMILES string of the molecule is CCCCOC(=O)/C=C/c1c(-c2ccc(C)cc2)oc(-c2ccc(C)cc2)c(/C=C/C(=O)OCCCC)c1=O. The van der Waals surface area contributed by atoms with Gasteiger partial charge in [-0.3, -0.25) is 4.79 Å². The Morgan fingerprint density at radius 1 is 0.692 bits per heavy atom. The van der Waals surface area contributed by atoms with Gasteiger partial charge < -0.3 is 13.9 Å². The highest BCUT2D eigenvalue weighted by Gasteiger charge is 2.20. The van der Waals surface area contributed by atoms with Crippen LogP contribution in [0.5, 0.6) is 0 Å². The van der Waals surface area contributed by atoms with E-state index < -0.39 is 11.9 Å². The number of hydrogen-bond donors (Lipinski definition) is 0. The summed E-state index contributed by atoms with van der Waals surface area (Å²) in [6.45, 7) is 8.57. The van der Waals surface area contributed by atoms with Crippen LogP contribution in [0.1, 0.15) is 61.8 Å². The second kappa shape index (κ2) is 14.7. The average molecular weight is 529 g/mol. The lowest BCUT2D eigenvalue weighted by Crippen LogP contribution is -2.13. The van der Waals surface area contributed by atoms with Crippen LogP contribution < -0.4 is 5.43 Å². The lowest BCUT2D eigenvalue weighted by atomic mass is 9.99. The lowest BCUT2D eigenvalue weighted by Gasteiger charge is -2.13. The van der Waals surface area contributed by atoms with Gasteiger partial charge in [0.25, 0.3) is 0 Å². The summed E-state index contributed by atoms with van der Waals surface area (Å²) in [6.07, 6.45) is 8.62. The standard InChI is InChI=1S/C33H36O6/c1-5-7-21-37-29(34)19-17-27-31(36)28(18-20-30(35)38-22-8-6-2)33(26-15-11-24(4)12-16-26)39-32(27)25-13-9-23(3)10-14-25/h9-20H,5-8,21-22H2,1-4H3/b19-17+,20-18+. The number of carbonyl (C=O) groups is 2. The van der Waals surface area contributed by atoms with Crippen molar-refractivity contribution in [3.63, 3.8) is 0 Å². The number of aryl methyl sites for hydroxylation is 2. The van der Waals surface area contributed by atoms with E-state index >= 15 is 0 Å². The number of esters is 2. The van der Waals surface area contributed by atoms with Crippen LogP contribution in [-0.4, -0.2) is 25.2 Å². The van der Waals surface area contributed by atoms with Crippen LogP contribution in [0.25, 0.3) is 34.8 Å². The molecule has 2 aromatic carbocycles. The van der Waals surface area contributed by atoms with Crippen molar-refractivity contribution in [1.29, 1.82) is 0 Å². The molecule has 0 atom stereocenters. The molecule has 39 heavy (non-hydrogen) atoms. The minimum atomic E-state index is -0.545. The topological polar surface area (TPSA) is 82.8 Å². The van der Waals surface area contributed by atoms with Gasteiger partial charge in [0, 0.05) is 23.3 Å². The first kappa shape index (κ1) is 29.4. The monoisotopic (exact) mass is 528 g/mol. The van der Waals surface area contributed by atoms with Crippen LogP contribution in [0.2, 0.25) is 0 Å². The highest BCUT2D eigenvalue weighted by molar-refractivity contribution is 5.91. The molecule has 3 aromatic rings. The third-order valence-electron chi connectivity index (χ3n) is 6.07. The quantitative estimate of drug-likeness (QED) is 0.139. The first-order chi connectivity index (χ1) is 18.8. The molecule has 6 nitrogen and oxygen atoms in total. The maximum atomic E-state index is 14.0. The predicted molar refractivity (Wildman–Crippen MR) is 155 cm³/mol. The molecule has 204 valence electrons. The zero-order valence-electron chi connectivity index (χ0n) is 23.1. The number of rotatable bonds is 12. The Kier molecular flexibility index (Phi) is 11.0. The van der Waals surface area contributed by atoms with Crippen molar-refractivity contribution in [3.05, 3.63) is 93.2 Å². The van der Waals surface area contributed by atoms with E-state index in [1.54, 1.807) is 0 Å². The van der Waals surface area contributed by atoms with Crippen molar-refractivity contribution >= 4 is 24.1 Å². The van der Waals surface area contributed by atoms with Crippen LogP contribution in [0.4, 0.5) is 0 Å². The largest absolute Gasteiger partial charge is 0.463 e. The molecular formula is C33H36O6. The molecule has 0 aliphatic carbocycles. The van der Waals surface area contributed by atoms with Crippen molar-refractivity contribution in [2.24, 2.45) is 0 Å². The number of benzene rings is 2. The van der Waals surface area contributed by atoms with Gasteiger partial charge in [-0.15, -0.1) is 0 Å². The molecule has 0 radical (unpaired) electrons. The van der Waals surface area contributed by atoms with Gasteiger partial charge in [-0.05, 0) is 38.8 Å². The summed E-state index contributed by atoms with van der Waals surface area (Å²) < 4.78 is 16.9. The number of hydrogen-bond acceptors (Lipinski definition) is 6. The summed E-state index contributed by atoms with van der Waals surface area (Å²) in [6, 6.07) is 15.2. The number of carbonyl (C=O) groups excluding carboxylic acids is 2. The van der Waals surface area contributed by atoms with E-state index in [4.69, 9.17) is 13.9 Å². The van der Waals surface area contributed by atoms with Gasteiger partial charge in [0.2, 0.25) is 5.43 Å². The summed E-state index contributed by atoms with van der Waals surface area (Å²) in [5.41, 5.74) is 3.44. The third-order valence-corrected chi connectivity index (χ3v) is 6.07. The molecule has 0 fully saturated rings. The zero-order chi connectivity index (χ0) is 28.2. The molecule has 0 amide bonds.